The Labute approximate surface area is 123 Å². The zero-order valence-corrected chi connectivity index (χ0v) is 12.4. The van der Waals surface area contributed by atoms with Gasteiger partial charge in [-0.1, -0.05) is 18.5 Å². The average molecular weight is 292 g/mol. The van der Waals surface area contributed by atoms with Gasteiger partial charge in [0.25, 0.3) is 0 Å². The summed E-state index contributed by atoms with van der Waals surface area (Å²) < 4.78 is 7.94. The standard InChI is InChI=1S/C15H18ClN3O/c1-3-13-11(8-19(2)18-13)15-7-12(17)10-6-9(16)4-5-14(10)20-15/h4-6,8,12,15H,3,7,17H2,1-2H3. The van der Waals surface area contributed by atoms with Gasteiger partial charge < -0.3 is 10.5 Å². The molecule has 1 aliphatic rings. The lowest BCUT2D eigenvalue weighted by Gasteiger charge is -2.30. The molecule has 0 saturated carbocycles. The molecule has 0 saturated heterocycles. The molecule has 0 amide bonds. The summed E-state index contributed by atoms with van der Waals surface area (Å²) in [6.07, 6.45) is 3.62. The van der Waals surface area contributed by atoms with Crippen LogP contribution in [-0.4, -0.2) is 9.78 Å². The van der Waals surface area contributed by atoms with E-state index in [4.69, 9.17) is 22.1 Å². The van der Waals surface area contributed by atoms with E-state index in [1.54, 1.807) is 0 Å². The molecular weight excluding hydrogens is 274 g/mol. The Bertz CT molecular complexity index is 638. The maximum atomic E-state index is 6.28. The Hall–Kier alpha value is -1.52. The molecule has 3 rings (SSSR count). The number of aromatic nitrogens is 2. The van der Waals surface area contributed by atoms with Crippen molar-refractivity contribution in [3.8, 4) is 5.75 Å². The monoisotopic (exact) mass is 291 g/mol. The second-order valence-electron chi connectivity index (χ2n) is 5.19. The predicted octanol–water partition coefficient (Wildman–Crippen LogP) is 3.16. The van der Waals surface area contributed by atoms with E-state index >= 15 is 0 Å². The van der Waals surface area contributed by atoms with Crippen molar-refractivity contribution in [2.45, 2.75) is 31.9 Å². The van der Waals surface area contributed by atoms with Crippen LogP contribution < -0.4 is 10.5 Å². The van der Waals surface area contributed by atoms with Crippen LogP contribution in [-0.2, 0) is 13.5 Å². The van der Waals surface area contributed by atoms with E-state index in [-0.39, 0.29) is 12.1 Å². The molecule has 0 spiro atoms. The maximum Gasteiger partial charge on any atom is 0.129 e. The minimum atomic E-state index is -0.0626. The van der Waals surface area contributed by atoms with Gasteiger partial charge in [0.1, 0.15) is 11.9 Å². The van der Waals surface area contributed by atoms with Gasteiger partial charge in [0, 0.05) is 41.9 Å². The molecule has 4 nitrogen and oxygen atoms in total. The lowest BCUT2D eigenvalue weighted by atomic mass is 9.93. The molecule has 2 unspecified atom stereocenters. The summed E-state index contributed by atoms with van der Waals surface area (Å²) in [6.45, 7) is 2.10. The summed E-state index contributed by atoms with van der Waals surface area (Å²) in [5.74, 6) is 0.823. The molecule has 5 heteroatoms. The zero-order chi connectivity index (χ0) is 14.3. The summed E-state index contributed by atoms with van der Waals surface area (Å²) in [5.41, 5.74) is 9.46. The Kier molecular flexibility index (Phi) is 3.44. The van der Waals surface area contributed by atoms with Gasteiger partial charge >= 0.3 is 0 Å². The molecule has 2 N–H and O–H groups in total. The van der Waals surface area contributed by atoms with Crippen LogP contribution in [0.5, 0.6) is 5.75 Å². The van der Waals surface area contributed by atoms with Gasteiger partial charge in [-0.05, 0) is 24.6 Å². The van der Waals surface area contributed by atoms with Crippen LogP contribution in [0, 0.1) is 0 Å². The van der Waals surface area contributed by atoms with Gasteiger partial charge in [0.15, 0.2) is 0 Å². The summed E-state index contributed by atoms with van der Waals surface area (Å²) in [5, 5.41) is 5.17. The van der Waals surface area contributed by atoms with Crippen LogP contribution in [0.15, 0.2) is 24.4 Å². The fourth-order valence-corrected chi connectivity index (χ4v) is 2.94. The number of benzene rings is 1. The molecule has 1 aliphatic heterocycles. The van der Waals surface area contributed by atoms with E-state index in [1.165, 1.54) is 0 Å². The van der Waals surface area contributed by atoms with Crippen molar-refractivity contribution in [1.82, 2.24) is 9.78 Å². The molecule has 20 heavy (non-hydrogen) atoms. The highest BCUT2D eigenvalue weighted by atomic mass is 35.5. The van der Waals surface area contributed by atoms with Gasteiger partial charge in [-0.15, -0.1) is 0 Å². The largest absolute Gasteiger partial charge is 0.485 e. The lowest BCUT2D eigenvalue weighted by Crippen LogP contribution is -2.24. The van der Waals surface area contributed by atoms with Gasteiger partial charge in [-0.25, -0.2) is 0 Å². The van der Waals surface area contributed by atoms with Crippen molar-refractivity contribution >= 4 is 11.6 Å². The first-order chi connectivity index (χ1) is 9.58. The molecule has 2 aromatic rings. The SMILES string of the molecule is CCc1nn(C)cc1C1CC(N)c2cc(Cl)ccc2O1. The number of nitrogens with two attached hydrogens (primary N) is 1. The maximum absolute atomic E-state index is 6.28. The Balaban J connectivity index is 1.96. The fraction of sp³-hybridized carbons (Fsp3) is 0.400. The summed E-state index contributed by atoms with van der Waals surface area (Å²) in [6, 6.07) is 5.56. The highest BCUT2D eigenvalue weighted by Crippen LogP contribution is 2.41. The summed E-state index contributed by atoms with van der Waals surface area (Å²) >= 11 is 6.02. The molecule has 0 aliphatic carbocycles. The van der Waals surface area contributed by atoms with E-state index in [2.05, 4.69) is 12.0 Å². The van der Waals surface area contributed by atoms with Crippen molar-refractivity contribution in [3.63, 3.8) is 0 Å². The number of ether oxygens (including phenoxy) is 1. The van der Waals surface area contributed by atoms with E-state index in [0.29, 0.717) is 5.02 Å². The summed E-state index contributed by atoms with van der Waals surface area (Å²) in [7, 11) is 1.93. The van der Waals surface area contributed by atoms with Crippen LogP contribution in [0.4, 0.5) is 0 Å². The molecule has 0 bridgehead atoms. The van der Waals surface area contributed by atoms with E-state index in [9.17, 15) is 0 Å². The molecule has 1 aromatic heterocycles. The Morgan fingerprint density at radius 1 is 1.45 bits per heavy atom. The van der Waals surface area contributed by atoms with Gasteiger partial charge in [0.2, 0.25) is 0 Å². The molecule has 106 valence electrons. The predicted molar refractivity (Wildman–Crippen MR) is 79.0 cm³/mol. The van der Waals surface area contributed by atoms with Crippen molar-refractivity contribution < 1.29 is 4.74 Å². The quantitative estimate of drug-likeness (QED) is 0.925. The number of rotatable bonds is 2. The molecule has 0 fully saturated rings. The molecule has 1 aromatic carbocycles. The van der Waals surface area contributed by atoms with Crippen LogP contribution >= 0.6 is 11.6 Å². The highest BCUT2D eigenvalue weighted by molar-refractivity contribution is 6.30. The minimum Gasteiger partial charge on any atom is -0.485 e. The topological polar surface area (TPSA) is 53.1 Å². The van der Waals surface area contributed by atoms with E-state index < -0.39 is 0 Å². The van der Waals surface area contributed by atoms with Crippen LogP contribution in [0.1, 0.15) is 42.3 Å². The molecule has 0 radical (unpaired) electrons. The fourth-order valence-electron chi connectivity index (χ4n) is 2.76. The Morgan fingerprint density at radius 2 is 2.25 bits per heavy atom. The first-order valence-electron chi connectivity index (χ1n) is 6.82. The number of halogens is 1. The number of fused-ring (bicyclic) bond motifs is 1. The van der Waals surface area contributed by atoms with Gasteiger partial charge in [0.05, 0.1) is 5.69 Å². The molecule has 2 heterocycles. The van der Waals surface area contributed by atoms with Crippen LogP contribution in [0.2, 0.25) is 5.02 Å². The van der Waals surface area contributed by atoms with E-state index in [0.717, 1.165) is 35.4 Å². The number of hydrogen-bond donors (Lipinski definition) is 1. The normalized spacial score (nSPS) is 21.4. The first-order valence-corrected chi connectivity index (χ1v) is 7.20. The zero-order valence-electron chi connectivity index (χ0n) is 11.6. The minimum absolute atomic E-state index is 0.0395. The van der Waals surface area contributed by atoms with Crippen molar-refractivity contribution in [3.05, 3.63) is 46.2 Å². The summed E-state index contributed by atoms with van der Waals surface area (Å²) in [4.78, 5) is 0. The van der Waals surface area contributed by atoms with Crippen LogP contribution in [0.3, 0.4) is 0 Å². The first kappa shape index (κ1) is 13.5. The van der Waals surface area contributed by atoms with Crippen molar-refractivity contribution in [2.24, 2.45) is 12.8 Å². The lowest BCUT2D eigenvalue weighted by molar-refractivity contribution is 0.160. The third kappa shape index (κ3) is 2.30. The molecule has 2 atom stereocenters. The third-order valence-electron chi connectivity index (χ3n) is 3.73. The Morgan fingerprint density at radius 3 is 3.00 bits per heavy atom. The third-order valence-corrected chi connectivity index (χ3v) is 3.96. The average Bonchev–Trinajstić information content (AvgIpc) is 2.80. The highest BCUT2D eigenvalue weighted by Gasteiger charge is 2.29. The molecular formula is C15H18ClN3O. The second-order valence-corrected chi connectivity index (χ2v) is 5.63. The van der Waals surface area contributed by atoms with E-state index in [1.807, 2.05) is 36.1 Å². The van der Waals surface area contributed by atoms with Gasteiger partial charge in [-0.3, -0.25) is 4.68 Å². The smallest absolute Gasteiger partial charge is 0.129 e. The van der Waals surface area contributed by atoms with Crippen LogP contribution in [0.25, 0.3) is 0 Å². The van der Waals surface area contributed by atoms with Crippen molar-refractivity contribution in [1.29, 1.82) is 0 Å². The number of hydrogen-bond acceptors (Lipinski definition) is 3. The van der Waals surface area contributed by atoms with Crippen molar-refractivity contribution in [2.75, 3.05) is 0 Å². The number of aryl methyl sites for hydroxylation is 2. The van der Waals surface area contributed by atoms with Gasteiger partial charge in [-0.2, -0.15) is 5.10 Å². The number of nitrogens with zero attached hydrogens (tertiary/aromatic N) is 2. The second kappa shape index (κ2) is 5.11.